The molecule has 1 N–H and O–H groups in total. The first-order chi connectivity index (χ1) is 11.5. The summed E-state index contributed by atoms with van der Waals surface area (Å²) >= 11 is 0. The largest absolute Gasteiger partial charge is 0.364 e. The van der Waals surface area contributed by atoms with Crippen LogP contribution in [0.15, 0.2) is 47.5 Å². The lowest BCUT2D eigenvalue weighted by atomic mass is 9.94. The molecule has 7 heteroatoms. The zero-order valence-corrected chi connectivity index (χ0v) is 13.7. The highest BCUT2D eigenvalue weighted by Gasteiger charge is 2.37. The van der Waals surface area contributed by atoms with Gasteiger partial charge in [-0.05, 0) is 25.5 Å². The molecule has 0 aliphatic rings. The highest BCUT2D eigenvalue weighted by molar-refractivity contribution is 5.86. The molecule has 0 saturated heterocycles. The summed E-state index contributed by atoms with van der Waals surface area (Å²) in [6.07, 6.45) is 3.60. The first-order valence-electron chi connectivity index (χ1n) is 7.59. The molecular formula is C17H20FN3O3. The number of halogens is 1. The van der Waals surface area contributed by atoms with Gasteiger partial charge >= 0.3 is 5.69 Å². The predicted octanol–water partition coefficient (Wildman–Crippen LogP) is 1.45. The number of hydrogen-bond acceptors (Lipinski definition) is 4. The van der Waals surface area contributed by atoms with Crippen molar-refractivity contribution in [3.8, 4) is 0 Å². The van der Waals surface area contributed by atoms with E-state index < -0.39 is 17.3 Å². The Morgan fingerprint density at radius 2 is 2.12 bits per heavy atom. The van der Waals surface area contributed by atoms with Gasteiger partial charge in [-0.1, -0.05) is 18.2 Å². The molecule has 0 radical (unpaired) electrons. The van der Waals surface area contributed by atoms with E-state index in [1.807, 2.05) is 0 Å². The average Bonchev–Trinajstić information content (AvgIpc) is 2.59. The van der Waals surface area contributed by atoms with Crippen LogP contribution in [-0.2, 0) is 21.7 Å². The Morgan fingerprint density at radius 1 is 1.38 bits per heavy atom. The van der Waals surface area contributed by atoms with Gasteiger partial charge in [0.15, 0.2) is 5.60 Å². The van der Waals surface area contributed by atoms with E-state index in [0.717, 1.165) is 0 Å². The van der Waals surface area contributed by atoms with E-state index in [-0.39, 0.29) is 11.3 Å². The number of nitrogens with zero attached hydrogens (tertiary/aromatic N) is 2. The summed E-state index contributed by atoms with van der Waals surface area (Å²) in [6.45, 7) is 2.27. The van der Waals surface area contributed by atoms with Crippen molar-refractivity contribution in [3.63, 3.8) is 0 Å². The molecule has 24 heavy (non-hydrogen) atoms. The molecule has 1 aromatic heterocycles. The van der Waals surface area contributed by atoms with Crippen molar-refractivity contribution in [2.45, 2.75) is 25.5 Å². The van der Waals surface area contributed by atoms with Gasteiger partial charge in [0.25, 0.3) is 5.91 Å². The Kier molecular flexibility index (Phi) is 5.81. The minimum Gasteiger partial charge on any atom is -0.364 e. The molecule has 0 unspecified atom stereocenters. The summed E-state index contributed by atoms with van der Waals surface area (Å²) in [4.78, 5) is 27.6. The van der Waals surface area contributed by atoms with Crippen molar-refractivity contribution < 1.29 is 13.9 Å². The maximum Gasteiger partial charge on any atom is 0.347 e. The predicted molar refractivity (Wildman–Crippen MR) is 86.9 cm³/mol. The second-order valence-corrected chi connectivity index (χ2v) is 5.42. The van der Waals surface area contributed by atoms with Crippen LogP contribution in [0, 0.1) is 5.82 Å². The van der Waals surface area contributed by atoms with Gasteiger partial charge in [0, 0.05) is 38.2 Å². The van der Waals surface area contributed by atoms with Crippen LogP contribution < -0.4 is 11.0 Å². The summed E-state index contributed by atoms with van der Waals surface area (Å²) in [5.41, 5.74) is -1.58. The van der Waals surface area contributed by atoms with Gasteiger partial charge in [-0.15, -0.1) is 0 Å². The zero-order valence-electron chi connectivity index (χ0n) is 13.7. The van der Waals surface area contributed by atoms with E-state index in [4.69, 9.17) is 4.74 Å². The maximum atomic E-state index is 14.0. The van der Waals surface area contributed by atoms with E-state index in [1.54, 1.807) is 24.4 Å². The third-order valence-electron chi connectivity index (χ3n) is 3.87. The van der Waals surface area contributed by atoms with Crippen molar-refractivity contribution in [2.24, 2.45) is 0 Å². The van der Waals surface area contributed by atoms with Gasteiger partial charge in [0.05, 0.1) is 0 Å². The molecule has 0 aliphatic heterocycles. The lowest BCUT2D eigenvalue weighted by molar-refractivity contribution is -0.143. The van der Waals surface area contributed by atoms with E-state index in [2.05, 4.69) is 10.3 Å². The van der Waals surface area contributed by atoms with Crippen molar-refractivity contribution in [3.05, 3.63) is 64.6 Å². The summed E-state index contributed by atoms with van der Waals surface area (Å²) in [5, 5.41) is 2.72. The fourth-order valence-electron chi connectivity index (χ4n) is 2.35. The van der Waals surface area contributed by atoms with E-state index >= 15 is 0 Å². The van der Waals surface area contributed by atoms with Crippen molar-refractivity contribution in [1.82, 2.24) is 14.9 Å². The summed E-state index contributed by atoms with van der Waals surface area (Å²) in [6, 6.07) is 7.68. The number of amides is 1. The van der Waals surface area contributed by atoms with E-state index in [0.29, 0.717) is 19.5 Å². The molecule has 0 aliphatic carbocycles. The van der Waals surface area contributed by atoms with Crippen molar-refractivity contribution in [1.29, 1.82) is 0 Å². The van der Waals surface area contributed by atoms with E-state index in [1.165, 1.54) is 36.9 Å². The maximum absolute atomic E-state index is 14.0. The molecule has 1 aromatic carbocycles. The minimum atomic E-state index is -1.42. The highest BCUT2D eigenvalue weighted by Crippen LogP contribution is 2.27. The zero-order chi connectivity index (χ0) is 17.6. The number of carbonyl (C=O) groups is 1. The lowest BCUT2D eigenvalue weighted by Gasteiger charge is -2.27. The SMILES string of the molecule is CO[C@](C)(C(=O)NCCCn1cccnc1=O)c1ccccc1F. The van der Waals surface area contributed by atoms with Gasteiger partial charge in [-0.25, -0.2) is 14.2 Å². The van der Waals surface area contributed by atoms with Gasteiger partial charge < -0.3 is 10.1 Å². The fourth-order valence-corrected chi connectivity index (χ4v) is 2.35. The second kappa shape index (κ2) is 7.83. The average molecular weight is 333 g/mol. The standard InChI is InChI=1S/C17H20FN3O3/c1-17(24-2,13-7-3-4-8-14(13)18)15(22)19-9-5-11-21-12-6-10-20-16(21)23/h3-4,6-8,10,12H,5,9,11H2,1-2H3,(H,19,22)/t17-/m0/s1. The van der Waals surface area contributed by atoms with Gasteiger partial charge in [0.1, 0.15) is 5.82 Å². The van der Waals surface area contributed by atoms with Crippen LogP contribution in [0.25, 0.3) is 0 Å². The van der Waals surface area contributed by atoms with Crippen LogP contribution in [0.1, 0.15) is 18.9 Å². The number of benzene rings is 1. The molecule has 1 amide bonds. The van der Waals surface area contributed by atoms with Gasteiger partial charge in [-0.2, -0.15) is 0 Å². The van der Waals surface area contributed by atoms with Gasteiger partial charge in [0.2, 0.25) is 0 Å². The molecule has 0 saturated carbocycles. The summed E-state index contributed by atoms with van der Waals surface area (Å²) < 4.78 is 20.7. The molecule has 0 bridgehead atoms. The summed E-state index contributed by atoms with van der Waals surface area (Å²) in [7, 11) is 1.36. The third kappa shape index (κ3) is 3.86. The molecule has 0 fully saturated rings. The third-order valence-corrected chi connectivity index (χ3v) is 3.87. The van der Waals surface area contributed by atoms with E-state index in [9.17, 15) is 14.0 Å². The van der Waals surface area contributed by atoms with Crippen molar-refractivity contribution >= 4 is 5.91 Å². The number of methoxy groups -OCH3 is 1. The smallest absolute Gasteiger partial charge is 0.347 e. The first-order valence-corrected chi connectivity index (χ1v) is 7.59. The highest BCUT2D eigenvalue weighted by atomic mass is 19.1. The molecular weight excluding hydrogens is 313 g/mol. The summed E-state index contributed by atoms with van der Waals surface area (Å²) in [5.74, 6) is -0.937. The monoisotopic (exact) mass is 333 g/mol. The molecule has 2 aromatic rings. The Balaban J connectivity index is 1.97. The van der Waals surface area contributed by atoms with Crippen molar-refractivity contribution in [2.75, 3.05) is 13.7 Å². The molecule has 0 spiro atoms. The van der Waals surface area contributed by atoms with Gasteiger partial charge in [-0.3, -0.25) is 9.36 Å². The fraction of sp³-hybridized carbons (Fsp3) is 0.353. The topological polar surface area (TPSA) is 73.2 Å². The van der Waals surface area contributed by atoms with Crippen LogP contribution in [0.3, 0.4) is 0 Å². The van der Waals surface area contributed by atoms with Crippen LogP contribution in [0.5, 0.6) is 0 Å². The quantitative estimate of drug-likeness (QED) is 0.779. The molecule has 6 nitrogen and oxygen atoms in total. The molecule has 1 heterocycles. The van der Waals surface area contributed by atoms with Crippen LogP contribution in [0.4, 0.5) is 4.39 Å². The number of carbonyl (C=O) groups excluding carboxylic acids is 1. The normalized spacial score (nSPS) is 13.3. The molecule has 128 valence electrons. The Bertz CT molecular complexity index is 762. The van der Waals surface area contributed by atoms with Crippen LogP contribution >= 0.6 is 0 Å². The van der Waals surface area contributed by atoms with Crippen LogP contribution in [-0.4, -0.2) is 29.1 Å². The molecule has 2 rings (SSSR count). The Labute approximate surface area is 139 Å². The Morgan fingerprint density at radius 3 is 2.79 bits per heavy atom. The number of rotatable bonds is 7. The number of ether oxygens (including phenoxy) is 1. The minimum absolute atomic E-state index is 0.175. The first kappa shape index (κ1) is 17.8. The second-order valence-electron chi connectivity index (χ2n) is 5.42. The number of nitrogens with one attached hydrogen (secondary N) is 1. The number of aryl methyl sites for hydroxylation is 1. The molecule has 1 atom stereocenters. The lowest BCUT2D eigenvalue weighted by Crippen LogP contribution is -2.44. The number of aromatic nitrogens is 2. The Hall–Kier alpha value is -2.54. The van der Waals surface area contributed by atoms with Crippen LogP contribution in [0.2, 0.25) is 0 Å². The number of hydrogen-bond donors (Lipinski definition) is 1.